The fraction of sp³-hybridized carbons (Fsp3) is 0.500. The number of aromatic nitrogens is 2. The molecule has 1 aromatic heterocycles. The Morgan fingerprint density at radius 1 is 1.06 bits per heavy atom. The van der Waals surface area contributed by atoms with Crippen molar-refractivity contribution < 1.29 is 19.1 Å². The summed E-state index contributed by atoms with van der Waals surface area (Å²) in [7, 11) is 2.83. The van der Waals surface area contributed by atoms with Crippen molar-refractivity contribution in [2.24, 2.45) is 0 Å². The molecule has 8 nitrogen and oxygen atoms in total. The number of hydrogen-bond acceptors (Lipinski definition) is 7. The lowest BCUT2D eigenvalue weighted by Gasteiger charge is -1.98. The molecule has 0 spiro atoms. The maximum absolute atomic E-state index is 11.1. The molecule has 94 valence electrons. The smallest absolute Gasteiger partial charge is 0.252 e. The van der Waals surface area contributed by atoms with E-state index in [1.165, 1.54) is 14.2 Å². The molecule has 2 N–H and O–H groups in total. The second kappa shape index (κ2) is 6.89. The first kappa shape index (κ1) is 13.5. The minimum atomic E-state index is -0.335. The van der Waals surface area contributed by atoms with Gasteiger partial charge in [0.25, 0.3) is 11.8 Å². The first-order chi connectivity index (χ1) is 8.15. The van der Waals surface area contributed by atoms with E-state index in [9.17, 15) is 9.59 Å². The number of amides is 2. The largest absolute Gasteiger partial charge is 0.375 e. The molecular weight excluding hydrogens is 248 g/mol. The van der Waals surface area contributed by atoms with Crippen molar-refractivity contribution >= 4 is 33.4 Å². The van der Waals surface area contributed by atoms with Gasteiger partial charge in [-0.2, -0.15) is 0 Å². The van der Waals surface area contributed by atoms with E-state index in [0.29, 0.717) is 10.3 Å². The van der Waals surface area contributed by atoms with Crippen LogP contribution < -0.4 is 10.6 Å². The summed E-state index contributed by atoms with van der Waals surface area (Å²) in [5, 5.41) is 12.9. The Hall–Kier alpha value is -1.58. The van der Waals surface area contributed by atoms with Gasteiger partial charge in [-0.1, -0.05) is 11.3 Å². The third-order valence-corrected chi connectivity index (χ3v) is 2.22. The predicted octanol–water partition coefficient (Wildman–Crippen LogP) is -0.292. The Labute approximate surface area is 101 Å². The fourth-order valence-electron chi connectivity index (χ4n) is 0.897. The minimum Gasteiger partial charge on any atom is -0.375 e. The highest BCUT2D eigenvalue weighted by molar-refractivity contribution is 7.19. The third-order valence-electron chi connectivity index (χ3n) is 1.47. The van der Waals surface area contributed by atoms with Crippen molar-refractivity contribution in [2.45, 2.75) is 0 Å². The lowest BCUT2D eigenvalue weighted by Crippen LogP contribution is -2.17. The summed E-state index contributed by atoms with van der Waals surface area (Å²) < 4.78 is 9.27. The van der Waals surface area contributed by atoms with Crippen LogP contribution in [0.15, 0.2) is 0 Å². The minimum absolute atomic E-state index is 0.0645. The van der Waals surface area contributed by atoms with Gasteiger partial charge >= 0.3 is 0 Å². The third kappa shape index (κ3) is 4.85. The number of methoxy groups -OCH3 is 2. The van der Waals surface area contributed by atoms with Crippen LogP contribution in [0.25, 0.3) is 0 Å². The normalized spacial score (nSPS) is 10.0. The molecular formula is C8H12N4O4S. The van der Waals surface area contributed by atoms with Crippen molar-refractivity contribution in [1.82, 2.24) is 10.2 Å². The Bertz CT molecular complexity index is 360. The number of rotatable bonds is 6. The number of nitrogens with one attached hydrogen (secondary N) is 2. The summed E-state index contributed by atoms with van der Waals surface area (Å²) in [5.74, 6) is -0.670. The molecule has 0 unspecified atom stereocenters. The summed E-state index contributed by atoms with van der Waals surface area (Å²) in [4.78, 5) is 22.3. The van der Waals surface area contributed by atoms with E-state index in [-0.39, 0.29) is 25.0 Å². The van der Waals surface area contributed by atoms with Crippen LogP contribution in [0.5, 0.6) is 0 Å². The fourth-order valence-corrected chi connectivity index (χ4v) is 1.57. The van der Waals surface area contributed by atoms with E-state index in [1.54, 1.807) is 0 Å². The highest BCUT2D eigenvalue weighted by atomic mass is 32.1. The van der Waals surface area contributed by atoms with Crippen LogP contribution >= 0.6 is 11.3 Å². The van der Waals surface area contributed by atoms with Gasteiger partial charge in [0.1, 0.15) is 13.2 Å². The van der Waals surface area contributed by atoms with Gasteiger partial charge in [-0.05, 0) is 0 Å². The molecule has 1 heterocycles. The Morgan fingerprint density at radius 3 is 1.82 bits per heavy atom. The first-order valence-electron chi connectivity index (χ1n) is 4.56. The monoisotopic (exact) mass is 260 g/mol. The Balaban J connectivity index is 2.47. The Kier molecular flexibility index (Phi) is 5.46. The highest BCUT2D eigenvalue weighted by Gasteiger charge is 2.09. The predicted molar refractivity (Wildman–Crippen MR) is 60.9 cm³/mol. The second-order valence-corrected chi connectivity index (χ2v) is 3.85. The molecule has 17 heavy (non-hydrogen) atoms. The van der Waals surface area contributed by atoms with Crippen LogP contribution in [-0.4, -0.2) is 49.4 Å². The maximum atomic E-state index is 11.1. The zero-order chi connectivity index (χ0) is 12.7. The summed E-state index contributed by atoms with van der Waals surface area (Å²) in [5.41, 5.74) is 0. The van der Waals surface area contributed by atoms with E-state index in [1.807, 2.05) is 0 Å². The van der Waals surface area contributed by atoms with Gasteiger partial charge in [0.05, 0.1) is 0 Å². The molecule has 1 aromatic rings. The van der Waals surface area contributed by atoms with Crippen molar-refractivity contribution in [2.75, 3.05) is 38.1 Å². The van der Waals surface area contributed by atoms with Gasteiger partial charge in [0, 0.05) is 14.2 Å². The van der Waals surface area contributed by atoms with E-state index < -0.39 is 0 Å². The zero-order valence-corrected chi connectivity index (χ0v) is 10.2. The topological polar surface area (TPSA) is 102 Å². The molecule has 1 rings (SSSR count). The summed E-state index contributed by atoms with van der Waals surface area (Å²) in [6, 6.07) is 0. The van der Waals surface area contributed by atoms with Crippen molar-refractivity contribution in [3.63, 3.8) is 0 Å². The van der Waals surface area contributed by atoms with E-state index in [4.69, 9.17) is 0 Å². The first-order valence-corrected chi connectivity index (χ1v) is 5.38. The number of carbonyl (C=O) groups excluding carboxylic acids is 2. The molecule has 0 aromatic carbocycles. The Morgan fingerprint density at radius 2 is 1.47 bits per heavy atom. The molecule has 0 atom stereocenters. The van der Waals surface area contributed by atoms with Crippen LogP contribution in [0.4, 0.5) is 10.3 Å². The molecule has 0 radical (unpaired) electrons. The van der Waals surface area contributed by atoms with E-state index >= 15 is 0 Å². The van der Waals surface area contributed by atoms with Gasteiger partial charge in [-0.25, -0.2) is 0 Å². The number of ether oxygens (including phenoxy) is 2. The number of nitrogens with zero attached hydrogens (tertiary/aromatic N) is 2. The molecule has 0 aliphatic heterocycles. The molecule has 2 amide bonds. The number of carbonyl (C=O) groups is 2. The average molecular weight is 260 g/mol. The number of hydrogen-bond donors (Lipinski definition) is 2. The maximum Gasteiger partial charge on any atom is 0.252 e. The highest BCUT2D eigenvalue weighted by Crippen LogP contribution is 2.19. The zero-order valence-electron chi connectivity index (χ0n) is 9.35. The van der Waals surface area contributed by atoms with E-state index in [0.717, 1.165) is 11.3 Å². The van der Waals surface area contributed by atoms with Gasteiger partial charge < -0.3 is 9.47 Å². The molecule has 0 bridgehead atoms. The molecule has 9 heteroatoms. The summed E-state index contributed by atoms with van der Waals surface area (Å²) in [6.07, 6.45) is 0. The molecule has 0 fully saturated rings. The van der Waals surface area contributed by atoms with Crippen molar-refractivity contribution in [3.8, 4) is 0 Å². The second-order valence-electron chi connectivity index (χ2n) is 2.87. The molecule has 0 aliphatic carbocycles. The van der Waals surface area contributed by atoms with Gasteiger partial charge in [-0.3, -0.25) is 20.2 Å². The average Bonchev–Trinajstić information content (AvgIpc) is 2.66. The van der Waals surface area contributed by atoms with Gasteiger partial charge in [0.15, 0.2) is 0 Å². The van der Waals surface area contributed by atoms with Gasteiger partial charge in [-0.15, -0.1) is 10.2 Å². The van der Waals surface area contributed by atoms with Crippen molar-refractivity contribution in [3.05, 3.63) is 0 Å². The lowest BCUT2D eigenvalue weighted by atomic mass is 10.6. The quantitative estimate of drug-likeness (QED) is 0.728. The molecule has 0 saturated heterocycles. The van der Waals surface area contributed by atoms with Crippen LogP contribution in [0, 0.1) is 0 Å². The summed E-state index contributed by atoms with van der Waals surface area (Å²) in [6.45, 7) is -0.129. The molecule has 0 aliphatic rings. The van der Waals surface area contributed by atoms with Gasteiger partial charge in [0.2, 0.25) is 10.3 Å². The van der Waals surface area contributed by atoms with Crippen LogP contribution in [0.3, 0.4) is 0 Å². The van der Waals surface area contributed by atoms with E-state index in [2.05, 4.69) is 30.3 Å². The molecule has 0 saturated carbocycles. The van der Waals surface area contributed by atoms with Crippen LogP contribution in [-0.2, 0) is 19.1 Å². The van der Waals surface area contributed by atoms with Crippen LogP contribution in [0.1, 0.15) is 0 Å². The SMILES string of the molecule is COCC(=O)Nc1nnc(NC(=O)COC)s1. The lowest BCUT2D eigenvalue weighted by molar-refractivity contribution is -0.120. The van der Waals surface area contributed by atoms with Crippen LogP contribution in [0.2, 0.25) is 0 Å². The van der Waals surface area contributed by atoms with Crippen molar-refractivity contribution in [1.29, 1.82) is 0 Å². The number of anilines is 2. The summed E-state index contributed by atoms with van der Waals surface area (Å²) >= 11 is 1.04. The standard InChI is InChI=1S/C8H12N4O4S/c1-15-3-5(13)9-7-11-12-8(17-7)10-6(14)4-16-2/h3-4H2,1-2H3,(H,9,11,13)(H,10,12,14).